The van der Waals surface area contributed by atoms with E-state index < -0.39 is 5.60 Å². The molecule has 1 N–H and O–H groups in total. The van der Waals surface area contributed by atoms with Gasteiger partial charge in [-0.25, -0.2) is 0 Å². The Labute approximate surface area is 134 Å². The minimum atomic E-state index is -0.733. The Hall–Kier alpha value is -1.46. The SMILES string of the molecule is CC.Cc1ccc(N2CCN(CC(C)(C)O)CCC2=O)cn1. The molecule has 1 aliphatic rings. The number of hydrogen-bond acceptors (Lipinski definition) is 4. The van der Waals surface area contributed by atoms with Crippen molar-refractivity contribution in [3.05, 3.63) is 24.0 Å². The fourth-order valence-corrected chi connectivity index (χ4v) is 2.46. The van der Waals surface area contributed by atoms with Crippen molar-refractivity contribution in [2.24, 2.45) is 0 Å². The number of anilines is 1. The summed E-state index contributed by atoms with van der Waals surface area (Å²) in [5.41, 5.74) is 1.06. The van der Waals surface area contributed by atoms with Crippen molar-refractivity contribution in [2.45, 2.75) is 46.6 Å². The molecular formula is C17H29N3O2. The van der Waals surface area contributed by atoms with Crippen LogP contribution < -0.4 is 4.90 Å². The Morgan fingerprint density at radius 2 is 1.91 bits per heavy atom. The van der Waals surface area contributed by atoms with Crippen molar-refractivity contribution >= 4 is 11.6 Å². The molecule has 0 bridgehead atoms. The lowest BCUT2D eigenvalue weighted by molar-refractivity contribution is -0.118. The van der Waals surface area contributed by atoms with E-state index in [0.29, 0.717) is 26.1 Å². The summed E-state index contributed by atoms with van der Waals surface area (Å²) in [5.74, 6) is 0.119. The third-order valence-corrected chi connectivity index (χ3v) is 3.40. The van der Waals surface area contributed by atoms with E-state index in [1.165, 1.54) is 0 Å². The van der Waals surface area contributed by atoms with E-state index in [1.54, 1.807) is 24.9 Å². The van der Waals surface area contributed by atoms with Crippen LogP contribution in [0.3, 0.4) is 0 Å². The van der Waals surface area contributed by atoms with Crippen molar-refractivity contribution in [2.75, 3.05) is 31.1 Å². The molecule has 0 spiro atoms. The first-order chi connectivity index (χ1) is 10.3. The van der Waals surface area contributed by atoms with Gasteiger partial charge in [0.15, 0.2) is 0 Å². The summed E-state index contributed by atoms with van der Waals surface area (Å²) in [6, 6.07) is 3.86. The van der Waals surface area contributed by atoms with Gasteiger partial charge in [0.25, 0.3) is 0 Å². The zero-order chi connectivity index (χ0) is 16.8. The molecule has 124 valence electrons. The molecule has 1 aliphatic heterocycles. The minimum absolute atomic E-state index is 0.119. The van der Waals surface area contributed by atoms with Crippen LogP contribution in [0.5, 0.6) is 0 Å². The number of β-amino-alcohol motifs (C(OH)–C–C–N with tert-alkyl or cyclic N) is 1. The van der Waals surface area contributed by atoms with Gasteiger partial charge in [0.2, 0.25) is 5.91 Å². The molecule has 0 unspecified atom stereocenters. The molecule has 1 saturated heterocycles. The summed E-state index contributed by atoms with van der Waals surface area (Å²) in [6.07, 6.45) is 2.23. The van der Waals surface area contributed by atoms with Crippen LogP contribution in [0.15, 0.2) is 18.3 Å². The van der Waals surface area contributed by atoms with Gasteiger partial charge in [0.05, 0.1) is 17.5 Å². The number of amides is 1. The number of aryl methyl sites for hydroxylation is 1. The van der Waals surface area contributed by atoms with Crippen molar-refractivity contribution < 1.29 is 9.90 Å². The van der Waals surface area contributed by atoms with Crippen molar-refractivity contribution in [3.8, 4) is 0 Å². The summed E-state index contributed by atoms with van der Waals surface area (Å²) in [4.78, 5) is 20.4. The molecule has 1 amide bonds. The van der Waals surface area contributed by atoms with Crippen molar-refractivity contribution in [3.63, 3.8) is 0 Å². The average molecular weight is 307 g/mol. The largest absolute Gasteiger partial charge is 0.389 e. The molecule has 5 heteroatoms. The normalized spacial score (nSPS) is 16.8. The van der Waals surface area contributed by atoms with Gasteiger partial charge in [-0.05, 0) is 32.9 Å². The molecule has 2 heterocycles. The molecule has 0 saturated carbocycles. The third kappa shape index (κ3) is 5.73. The highest BCUT2D eigenvalue weighted by atomic mass is 16.3. The summed E-state index contributed by atoms with van der Waals surface area (Å²) >= 11 is 0. The zero-order valence-corrected chi connectivity index (χ0v) is 14.5. The highest BCUT2D eigenvalue weighted by molar-refractivity contribution is 5.93. The van der Waals surface area contributed by atoms with Crippen molar-refractivity contribution in [1.82, 2.24) is 9.88 Å². The predicted molar refractivity (Wildman–Crippen MR) is 90.0 cm³/mol. The smallest absolute Gasteiger partial charge is 0.228 e. The summed E-state index contributed by atoms with van der Waals surface area (Å²) < 4.78 is 0. The molecule has 0 aromatic carbocycles. The highest BCUT2D eigenvalue weighted by Gasteiger charge is 2.25. The molecule has 5 nitrogen and oxygen atoms in total. The van der Waals surface area contributed by atoms with Crippen LogP contribution >= 0.6 is 0 Å². The fourth-order valence-electron chi connectivity index (χ4n) is 2.46. The monoisotopic (exact) mass is 307 g/mol. The lowest BCUT2D eigenvalue weighted by atomic mass is 10.1. The van der Waals surface area contributed by atoms with Gasteiger partial charge in [-0.1, -0.05) is 13.8 Å². The van der Waals surface area contributed by atoms with Gasteiger partial charge >= 0.3 is 0 Å². The van der Waals surface area contributed by atoms with Gasteiger partial charge < -0.3 is 10.0 Å². The van der Waals surface area contributed by atoms with Gasteiger partial charge in [-0.15, -0.1) is 0 Å². The maximum Gasteiger partial charge on any atom is 0.228 e. The van der Waals surface area contributed by atoms with Crippen LogP contribution in [0.4, 0.5) is 5.69 Å². The predicted octanol–water partition coefficient (Wildman–Crippen LogP) is 2.23. The van der Waals surface area contributed by atoms with Crippen LogP contribution in [-0.2, 0) is 4.79 Å². The number of aromatic nitrogens is 1. The maximum atomic E-state index is 12.2. The Morgan fingerprint density at radius 1 is 1.23 bits per heavy atom. The molecule has 1 fully saturated rings. The number of aliphatic hydroxyl groups is 1. The minimum Gasteiger partial charge on any atom is -0.389 e. The van der Waals surface area contributed by atoms with E-state index in [2.05, 4.69) is 9.88 Å². The van der Waals surface area contributed by atoms with Crippen LogP contribution in [0.1, 0.15) is 39.8 Å². The molecule has 1 aromatic heterocycles. The van der Waals surface area contributed by atoms with Gasteiger partial charge in [0, 0.05) is 38.3 Å². The summed E-state index contributed by atoms with van der Waals surface area (Å²) in [5, 5.41) is 9.89. The third-order valence-electron chi connectivity index (χ3n) is 3.40. The molecular weight excluding hydrogens is 278 g/mol. The standard InChI is InChI=1S/C15H23N3O2.C2H6/c1-12-4-5-13(10-16-12)18-9-8-17(7-6-14(18)19)11-15(2,3)20;1-2/h4-5,10,20H,6-9,11H2,1-3H3;1-2H3. The molecule has 0 atom stereocenters. The molecule has 0 radical (unpaired) electrons. The summed E-state index contributed by atoms with van der Waals surface area (Å²) in [6.45, 7) is 12.2. The van der Waals surface area contributed by atoms with Crippen molar-refractivity contribution in [1.29, 1.82) is 0 Å². The quantitative estimate of drug-likeness (QED) is 0.930. The van der Waals surface area contributed by atoms with Crippen LogP contribution in [0, 0.1) is 6.92 Å². The Kier molecular flexibility index (Phi) is 6.97. The number of hydrogen-bond donors (Lipinski definition) is 1. The first kappa shape index (κ1) is 18.6. The van der Waals surface area contributed by atoms with Gasteiger partial charge in [-0.3, -0.25) is 14.7 Å². The molecule has 1 aromatic rings. The maximum absolute atomic E-state index is 12.2. The zero-order valence-electron chi connectivity index (χ0n) is 14.5. The van der Waals surface area contributed by atoms with Crippen LogP contribution in [0.25, 0.3) is 0 Å². The first-order valence-electron chi connectivity index (χ1n) is 8.03. The van der Waals surface area contributed by atoms with E-state index in [0.717, 1.165) is 17.9 Å². The molecule has 2 rings (SSSR count). The Morgan fingerprint density at radius 3 is 2.45 bits per heavy atom. The highest BCUT2D eigenvalue weighted by Crippen LogP contribution is 2.17. The number of pyridine rings is 1. The number of carbonyl (C=O) groups excluding carboxylic acids is 1. The average Bonchev–Trinajstić information content (AvgIpc) is 2.63. The lowest BCUT2D eigenvalue weighted by Crippen LogP contribution is -2.40. The summed E-state index contributed by atoms with van der Waals surface area (Å²) in [7, 11) is 0. The Bertz CT molecular complexity index is 466. The van der Waals surface area contributed by atoms with Gasteiger partial charge in [-0.2, -0.15) is 0 Å². The second-order valence-corrected chi connectivity index (χ2v) is 6.04. The number of carbonyl (C=O) groups is 1. The van der Waals surface area contributed by atoms with Crippen LogP contribution in [0.2, 0.25) is 0 Å². The van der Waals surface area contributed by atoms with E-state index in [-0.39, 0.29) is 5.91 Å². The lowest BCUT2D eigenvalue weighted by Gasteiger charge is -2.27. The number of nitrogens with zero attached hydrogens (tertiary/aromatic N) is 3. The fraction of sp³-hybridized carbons (Fsp3) is 0.647. The van der Waals surface area contributed by atoms with E-state index >= 15 is 0 Å². The van der Waals surface area contributed by atoms with E-state index in [9.17, 15) is 9.90 Å². The van der Waals surface area contributed by atoms with Crippen LogP contribution in [-0.4, -0.2) is 52.7 Å². The second-order valence-electron chi connectivity index (χ2n) is 6.04. The topological polar surface area (TPSA) is 56.7 Å². The van der Waals surface area contributed by atoms with Gasteiger partial charge in [0.1, 0.15) is 0 Å². The number of rotatable bonds is 3. The Balaban J connectivity index is 0.00000116. The molecule has 22 heavy (non-hydrogen) atoms. The first-order valence-corrected chi connectivity index (χ1v) is 8.03. The second kappa shape index (κ2) is 8.25. The van der Waals surface area contributed by atoms with E-state index in [4.69, 9.17) is 0 Å². The van der Waals surface area contributed by atoms with E-state index in [1.807, 2.05) is 32.9 Å². The molecule has 0 aliphatic carbocycles.